The van der Waals surface area contributed by atoms with Gasteiger partial charge in [-0.05, 0) is 87.6 Å². The average Bonchev–Trinajstić information content (AvgIpc) is 2.88. The van der Waals surface area contributed by atoms with Gasteiger partial charge in [0.1, 0.15) is 0 Å². The third-order valence-corrected chi connectivity index (χ3v) is 7.51. The summed E-state index contributed by atoms with van der Waals surface area (Å²) in [6.45, 7) is 4.32. The first-order chi connectivity index (χ1) is 17.1. The van der Waals surface area contributed by atoms with Crippen LogP contribution in [0.4, 0.5) is 0 Å². The first-order valence-corrected chi connectivity index (χ1v) is 13.8. The molecule has 0 N–H and O–H groups in total. The molecule has 188 valence electrons. The predicted octanol–water partition coefficient (Wildman–Crippen LogP) is 8.10. The molecular weight excluding hydrogens is 428 g/mol. The fourth-order valence-electron chi connectivity index (χ4n) is 5.40. The molecule has 0 saturated heterocycles. The first kappa shape index (κ1) is 27.0. The summed E-state index contributed by atoms with van der Waals surface area (Å²) >= 11 is 0. The van der Waals surface area contributed by atoms with Crippen LogP contribution in [0.5, 0.6) is 0 Å². The Kier molecular flexibility index (Phi) is 11.4. The number of nitrogens with zero attached hydrogens (tertiary/aromatic N) is 2. The van der Waals surface area contributed by atoms with Gasteiger partial charge in [0.05, 0.1) is 0 Å². The minimum absolute atomic E-state index is 0.200. The molecular formula is C32H44N2O. The van der Waals surface area contributed by atoms with E-state index in [4.69, 9.17) is 0 Å². The SMILES string of the molecule is CCCC(CCCCCCc1ccncc1)C(=O)C=C1CCC(C(=NC)c2ccc(C)cc2)CC1. The Hall–Kier alpha value is -2.55. The lowest BCUT2D eigenvalue weighted by atomic mass is 9.80. The monoisotopic (exact) mass is 472 g/mol. The molecule has 3 heteroatoms. The summed E-state index contributed by atoms with van der Waals surface area (Å²) in [5.74, 6) is 1.07. The van der Waals surface area contributed by atoms with Gasteiger partial charge in [-0.15, -0.1) is 0 Å². The van der Waals surface area contributed by atoms with Crippen molar-refractivity contribution < 1.29 is 4.79 Å². The van der Waals surface area contributed by atoms with Gasteiger partial charge in [0.15, 0.2) is 5.78 Å². The Balaban J connectivity index is 1.43. The van der Waals surface area contributed by atoms with E-state index in [1.54, 1.807) is 0 Å². The number of benzene rings is 1. The number of ketones is 1. The normalized spacial score (nSPS) is 17.3. The molecule has 1 saturated carbocycles. The van der Waals surface area contributed by atoms with E-state index in [0.29, 0.717) is 11.7 Å². The Bertz CT molecular complexity index is 949. The van der Waals surface area contributed by atoms with Crippen molar-refractivity contribution in [3.8, 4) is 0 Å². The van der Waals surface area contributed by atoms with E-state index in [1.165, 1.54) is 47.2 Å². The number of aliphatic imine (C=N–C) groups is 1. The van der Waals surface area contributed by atoms with Crippen LogP contribution >= 0.6 is 0 Å². The predicted molar refractivity (Wildman–Crippen MR) is 148 cm³/mol. The van der Waals surface area contributed by atoms with E-state index in [9.17, 15) is 4.79 Å². The van der Waals surface area contributed by atoms with Gasteiger partial charge in [0, 0.05) is 37.0 Å². The van der Waals surface area contributed by atoms with Crippen molar-refractivity contribution in [3.05, 3.63) is 77.1 Å². The fraction of sp³-hybridized carbons (Fsp3) is 0.531. The highest BCUT2D eigenvalue weighted by Gasteiger charge is 2.24. The third kappa shape index (κ3) is 8.87. The lowest BCUT2D eigenvalue weighted by molar-refractivity contribution is -0.118. The maximum absolute atomic E-state index is 13.1. The molecule has 1 aromatic heterocycles. The van der Waals surface area contributed by atoms with Crippen molar-refractivity contribution in [1.82, 2.24) is 4.98 Å². The number of carbonyl (C=O) groups is 1. The van der Waals surface area contributed by atoms with Crippen LogP contribution in [0.25, 0.3) is 0 Å². The van der Waals surface area contributed by atoms with E-state index in [2.05, 4.69) is 60.2 Å². The second-order valence-electron chi connectivity index (χ2n) is 10.2. The standard InChI is InChI=1S/C32H44N2O/c1-4-9-28(11-8-6-5-7-10-26-20-22-34-23-21-26)31(35)24-27-14-18-30(19-15-27)32(33-3)29-16-12-25(2)13-17-29/h12-13,16-17,20-24,28,30H,4-11,14-15,18-19H2,1-3H3. The van der Waals surface area contributed by atoms with Gasteiger partial charge in [-0.25, -0.2) is 0 Å². The minimum atomic E-state index is 0.200. The van der Waals surface area contributed by atoms with Gasteiger partial charge in [0.2, 0.25) is 0 Å². The number of allylic oxidation sites excluding steroid dienone is 2. The van der Waals surface area contributed by atoms with E-state index < -0.39 is 0 Å². The highest BCUT2D eigenvalue weighted by atomic mass is 16.1. The minimum Gasteiger partial charge on any atom is -0.295 e. The smallest absolute Gasteiger partial charge is 0.158 e. The van der Waals surface area contributed by atoms with Gasteiger partial charge in [-0.1, -0.05) is 68.0 Å². The first-order valence-electron chi connectivity index (χ1n) is 13.8. The van der Waals surface area contributed by atoms with Gasteiger partial charge in [-0.2, -0.15) is 0 Å². The van der Waals surface area contributed by atoms with E-state index in [1.807, 2.05) is 25.5 Å². The van der Waals surface area contributed by atoms with Gasteiger partial charge >= 0.3 is 0 Å². The van der Waals surface area contributed by atoms with E-state index >= 15 is 0 Å². The zero-order chi connectivity index (χ0) is 24.9. The topological polar surface area (TPSA) is 42.3 Å². The summed E-state index contributed by atoms with van der Waals surface area (Å²) in [6.07, 6.45) is 19.1. The second-order valence-corrected chi connectivity index (χ2v) is 10.2. The van der Waals surface area contributed by atoms with E-state index in [0.717, 1.165) is 57.8 Å². The summed E-state index contributed by atoms with van der Waals surface area (Å²) in [4.78, 5) is 21.9. The molecule has 0 spiro atoms. The Labute approximate surface area is 213 Å². The lowest BCUT2D eigenvalue weighted by Gasteiger charge is -2.26. The van der Waals surface area contributed by atoms with Crippen molar-refractivity contribution in [2.75, 3.05) is 7.05 Å². The molecule has 0 radical (unpaired) electrons. The van der Waals surface area contributed by atoms with Crippen molar-refractivity contribution >= 4 is 11.5 Å². The van der Waals surface area contributed by atoms with Gasteiger partial charge in [-0.3, -0.25) is 14.8 Å². The van der Waals surface area contributed by atoms with Crippen molar-refractivity contribution in [1.29, 1.82) is 0 Å². The highest BCUT2D eigenvalue weighted by molar-refractivity contribution is 6.02. The second kappa shape index (κ2) is 14.8. The number of hydrogen-bond donors (Lipinski definition) is 0. The van der Waals surface area contributed by atoms with Gasteiger partial charge in [0.25, 0.3) is 0 Å². The Morgan fingerprint density at radius 1 is 1.00 bits per heavy atom. The maximum atomic E-state index is 13.1. The van der Waals surface area contributed by atoms with Crippen LogP contribution in [0, 0.1) is 18.8 Å². The zero-order valence-corrected chi connectivity index (χ0v) is 22.1. The molecule has 1 atom stereocenters. The van der Waals surface area contributed by atoms with Gasteiger partial charge < -0.3 is 0 Å². The molecule has 3 nitrogen and oxygen atoms in total. The van der Waals surface area contributed by atoms with Crippen molar-refractivity contribution in [2.45, 2.75) is 90.9 Å². The molecule has 1 aromatic carbocycles. The summed E-state index contributed by atoms with van der Waals surface area (Å²) in [5, 5.41) is 0. The van der Waals surface area contributed by atoms with Crippen molar-refractivity contribution in [2.24, 2.45) is 16.8 Å². The van der Waals surface area contributed by atoms with Crippen LogP contribution in [-0.4, -0.2) is 23.5 Å². The number of carbonyl (C=O) groups excluding carboxylic acids is 1. The number of hydrogen-bond acceptors (Lipinski definition) is 3. The number of pyridine rings is 1. The van der Waals surface area contributed by atoms with Crippen molar-refractivity contribution in [3.63, 3.8) is 0 Å². The third-order valence-electron chi connectivity index (χ3n) is 7.51. The summed E-state index contributed by atoms with van der Waals surface area (Å²) in [5.41, 5.74) is 6.47. The van der Waals surface area contributed by atoms with E-state index in [-0.39, 0.29) is 5.92 Å². The van der Waals surface area contributed by atoms with Crippen LogP contribution in [0.15, 0.2) is 65.4 Å². The molecule has 0 amide bonds. The van der Waals surface area contributed by atoms with Crippen LogP contribution in [0.3, 0.4) is 0 Å². The van der Waals surface area contributed by atoms with Crippen LogP contribution in [-0.2, 0) is 11.2 Å². The Morgan fingerprint density at radius 2 is 1.69 bits per heavy atom. The zero-order valence-electron chi connectivity index (χ0n) is 22.1. The number of unbranched alkanes of at least 4 members (excludes halogenated alkanes) is 3. The number of aromatic nitrogens is 1. The Morgan fingerprint density at radius 3 is 2.34 bits per heavy atom. The molecule has 1 aliphatic carbocycles. The molecule has 2 aromatic rings. The lowest BCUT2D eigenvalue weighted by Crippen LogP contribution is -2.21. The average molecular weight is 473 g/mol. The molecule has 35 heavy (non-hydrogen) atoms. The molecule has 1 aliphatic rings. The largest absolute Gasteiger partial charge is 0.295 e. The summed E-state index contributed by atoms with van der Waals surface area (Å²) in [6, 6.07) is 12.9. The highest BCUT2D eigenvalue weighted by Crippen LogP contribution is 2.32. The van der Waals surface area contributed by atoms with Crippen LogP contribution in [0.1, 0.15) is 94.2 Å². The fourth-order valence-corrected chi connectivity index (χ4v) is 5.40. The number of aryl methyl sites for hydroxylation is 2. The molecule has 0 aliphatic heterocycles. The van der Waals surface area contributed by atoms with Crippen LogP contribution in [0.2, 0.25) is 0 Å². The maximum Gasteiger partial charge on any atom is 0.158 e. The summed E-state index contributed by atoms with van der Waals surface area (Å²) < 4.78 is 0. The summed E-state index contributed by atoms with van der Waals surface area (Å²) in [7, 11) is 1.92. The molecule has 1 heterocycles. The molecule has 0 bridgehead atoms. The molecule has 1 fully saturated rings. The number of rotatable bonds is 13. The quantitative estimate of drug-likeness (QED) is 0.168. The molecule has 3 rings (SSSR count). The molecule has 1 unspecified atom stereocenters. The van der Waals surface area contributed by atoms with Crippen LogP contribution < -0.4 is 0 Å².